The highest BCUT2D eigenvalue weighted by Crippen LogP contribution is 2.32. The zero-order valence-corrected chi connectivity index (χ0v) is 9.86. The van der Waals surface area contributed by atoms with Gasteiger partial charge in [-0.1, -0.05) is 0 Å². The summed E-state index contributed by atoms with van der Waals surface area (Å²) in [6.45, 7) is 1.52. The smallest absolute Gasteiger partial charge is 0.280 e. The summed E-state index contributed by atoms with van der Waals surface area (Å²) in [5.74, 6) is -0.123. The number of hydrogen-bond donors (Lipinski definition) is 4. The number of aromatic amines is 1. The van der Waals surface area contributed by atoms with Crippen molar-refractivity contribution in [3.63, 3.8) is 0 Å². The summed E-state index contributed by atoms with van der Waals surface area (Å²) >= 11 is 0. The minimum absolute atomic E-state index is 0.0689. The molecule has 5 N–H and O–H groups in total. The zero-order chi connectivity index (χ0) is 13.7. The number of aliphatic hydroxyl groups is 2. The van der Waals surface area contributed by atoms with Gasteiger partial charge in [0.05, 0.1) is 0 Å². The van der Waals surface area contributed by atoms with Crippen molar-refractivity contribution >= 4 is 17.1 Å². The highest BCUT2D eigenvalue weighted by Gasteiger charge is 2.36. The molecule has 0 bridgehead atoms. The SMILES string of the molecule is CC1=C(O)C(O)[C@H](n2cnc3c(=O)[nH]c(N)nc32)O1. The fourth-order valence-electron chi connectivity index (χ4n) is 1.99. The predicted octanol–water partition coefficient (Wildman–Crippen LogP) is -0.619. The van der Waals surface area contributed by atoms with Crippen LogP contribution in [0.25, 0.3) is 11.2 Å². The molecule has 19 heavy (non-hydrogen) atoms. The molecular formula is C10H11N5O4. The van der Waals surface area contributed by atoms with Crippen LogP contribution in [0, 0.1) is 0 Å². The second kappa shape index (κ2) is 3.72. The topological polar surface area (TPSA) is 139 Å². The van der Waals surface area contributed by atoms with Crippen molar-refractivity contribution in [3.05, 3.63) is 28.2 Å². The number of aliphatic hydroxyl groups excluding tert-OH is 2. The number of rotatable bonds is 1. The number of nitrogen functional groups attached to an aromatic ring is 1. The monoisotopic (exact) mass is 265 g/mol. The van der Waals surface area contributed by atoms with Gasteiger partial charge in [-0.2, -0.15) is 4.98 Å². The number of ether oxygens (including phenoxy) is 1. The number of nitrogens with two attached hydrogens (primary N) is 1. The van der Waals surface area contributed by atoms with Crippen molar-refractivity contribution < 1.29 is 14.9 Å². The lowest BCUT2D eigenvalue weighted by Gasteiger charge is -2.16. The average Bonchev–Trinajstić information content (AvgIpc) is 2.86. The number of fused-ring (bicyclic) bond motifs is 1. The number of H-pyrrole nitrogens is 1. The molecule has 9 heteroatoms. The molecule has 3 rings (SSSR count). The van der Waals surface area contributed by atoms with E-state index in [-0.39, 0.29) is 28.6 Å². The van der Waals surface area contributed by atoms with E-state index in [1.54, 1.807) is 0 Å². The number of nitrogens with zero attached hydrogens (tertiary/aromatic N) is 3. The van der Waals surface area contributed by atoms with Crippen LogP contribution < -0.4 is 11.3 Å². The quantitative estimate of drug-likeness (QED) is 0.538. The molecule has 1 aliphatic heterocycles. The molecular weight excluding hydrogens is 254 g/mol. The number of imidazole rings is 1. The van der Waals surface area contributed by atoms with Gasteiger partial charge in [0.15, 0.2) is 23.0 Å². The van der Waals surface area contributed by atoms with Crippen molar-refractivity contribution in [2.24, 2.45) is 0 Å². The van der Waals surface area contributed by atoms with Crippen molar-refractivity contribution in [1.29, 1.82) is 0 Å². The van der Waals surface area contributed by atoms with Crippen molar-refractivity contribution in [1.82, 2.24) is 19.5 Å². The number of anilines is 1. The fraction of sp³-hybridized carbons (Fsp3) is 0.300. The molecule has 0 saturated heterocycles. The summed E-state index contributed by atoms with van der Waals surface area (Å²) in [7, 11) is 0. The third-order valence-corrected chi connectivity index (χ3v) is 2.93. The van der Waals surface area contributed by atoms with Gasteiger partial charge >= 0.3 is 0 Å². The fourth-order valence-corrected chi connectivity index (χ4v) is 1.99. The van der Waals surface area contributed by atoms with Gasteiger partial charge < -0.3 is 20.7 Å². The lowest BCUT2D eigenvalue weighted by atomic mass is 10.3. The van der Waals surface area contributed by atoms with E-state index in [4.69, 9.17) is 10.5 Å². The third kappa shape index (κ3) is 1.55. The Bertz CT molecular complexity index is 746. The van der Waals surface area contributed by atoms with Crippen LogP contribution >= 0.6 is 0 Å². The number of aromatic nitrogens is 4. The first-order valence-electron chi connectivity index (χ1n) is 5.46. The van der Waals surface area contributed by atoms with E-state index in [9.17, 15) is 15.0 Å². The Kier molecular flexibility index (Phi) is 2.26. The van der Waals surface area contributed by atoms with E-state index in [0.29, 0.717) is 0 Å². The van der Waals surface area contributed by atoms with Gasteiger partial charge in [0.1, 0.15) is 12.1 Å². The van der Waals surface area contributed by atoms with E-state index >= 15 is 0 Å². The maximum absolute atomic E-state index is 11.6. The van der Waals surface area contributed by atoms with Gasteiger partial charge in [-0.3, -0.25) is 14.3 Å². The first-order valence-corrected chi connectivity index (χ1v) is 5.46. The summed E-state index contributed by atoms with van der Waals surface area (Å²) in [6, 6.07) is 0. The second-order valence-corrected chi connectivity index (χ2v) is 4.17. The third-order valence-electron chi connectivity index (χ3n) is 2.93. The number of hydrogen-bond acceptors (Lipinski definition) is 7. The van der Waals surface area contributed by atoms with Gasteiger partial charge in [0.25, 0.3) is 5.56 Å². The van der Waals surface area contributed by atoms with Crippen LogP contribution in [-0.2, 0) is 4.74 Å². The Morgan fingerprint density at radius 1 is 1.58 bits per heavy atom. The van der Waals surface area contributed by atoms with E-state index in [0.717, 1.165) is 0 Å². The van der Waals surface area contributed by atoms with Gasteiger partial charge in [0, 0.05) is 0 Å². The maximum Gasteiger partial charge on any atom is 0.280 e. The zero-order valence-electron chi connectivity index (χ0n) is 9.86. The molecule has 0 saturated carbocycles. The normalized spacial score (nSPS) is 23.1. The summed E-state index contributed by atoms with van der Waals surface area (Å²) < 4.78 is 6.67. The number of nitrogens with one attached hydrogen (secondary N) is 1. The summed E-state index contributed by atoms with van der Waals surface area (Å²) in [6.07, 6.45) is -0.884. The molecule has 2 aromatic rings. The summed E-state index contributed by atoms with van der Waals surface area (Å²) in [5, 5.41) is 19.4. The van der Waals surface area contributed by atoms with Crippen molar-refractivity contribution in [2.75, 3.05) is 5.73 Å². The first-order chi connectivity index (χ1) is 8.99. The summed E-state index contributed by atoms with van der Waals surface area (Å²) in [4.78, 5) is 21.8. The molecule has 0 aromatic carbocycles. The van der Waals surface area contributed by atoms with Crippen molar-refractivity contribution in [3.8, 4) is 0 Å². The van der Waals surface area contributed by atoms with Crippen LogP contribution in [0.3, 0.4) is 0 Å². The molecule has 1 aliphatic rings. The van der Waals surface area contributed by atoms with Crippen molar-refractivity contribution in [2.45, 2.75) is 19.3 Å². The Morgan fingerprint density at radius 3 is 2.95 bits per heavy atom. The Balaban J connectivity index is 2.16. The van der Waals surface area contributed by atoms with E-state index < -0.39 is 17.9 Å². The first kappa shape index (κ1) is 11.5. The van der Waals surface area contributed by atoms with E-state index in [1.807, 2.05) is 0 Å². The van der Waals surface area contributed by atoms with Gasteiger partial charge in [-0.05, 0) is 6.92 Å². The van der Waals surface area contributed by atoms with Crippen LogP contribution in [0.5, 0.6) is 0 Å². The molecule has 0 amide bonds. The Labute approximate surface area is 106 Å². The van der Waals surface area contributed by atoms with Gasteiger partial charge in [0.2, 0.25) is 12.2 Å². The molecule has 2 atom stereocenters. The molecule has 1 unspecified atom stereocenters. The minimum atomic E-state index is -1.25. The van der Waals surface area contributed by atoms with Crippen LogP contribution in [0.2, 0.25) is 0 Å². The molecule has 2 aromatic heterocycles. The van der Waals surface area contributed by atoms with E-state index in [1.165, 1.54) is 17.8 Å². The lowest BCUT2D eigenvalue weighted by Crippen LogP contribution is -2.23. The van der Waals surface area contributed by atoms with Crippen LogP contribution in [0.4, 0.5) is 5.95 Å². The average molecular weight is 265 g/mol. The van der Waals surface area contributed by atoms with Crippen LogP contribution in [0.1, 0.15) is 13.2 Å². The number of allylic oxidation sites excluding steroid dienone is 1. The Hall–Kier alpha value is -2.55. The molecule has 0 spiro atoms. The molecule has 0 fully saturated rings. The minimum Gasteiger partial charge on any atom is -0.506 e. The second-order valence-electron chi connectivity index (χ2n) is 4.17. The van der Waals surface area contributed by atoms with Gasteiger partial charge in [-0.25, -0.2) is 4.98 Å². The van der Waals surface area contributed by atoms with E-state index in [2.05, 4.69) is 15.0 Å². The highest BCUT2D eigenvalue weighted by atomic mass is 16.5. The summed E-state index contributed by atoms with van der Waals surface area (Å²) in [5.41, 5.74) is 5.24. The molecule has 9 nitrogen and oxygen atoms in total. The van der Waals surface area contributed by atoms with Crippen LogP contribution in [0.15, 0.2) is 22.6 Å². The maximum atomic E-state index is 11.6. The Morgan fingerprint density at radius 2 is 2.32 bits per heavy atom. The molecule has 0 radical (unpaired) electrons. The highest BCUT2D eigenvalue weighted by molar-refractivity contribution is 5.70. The lowest BCUT2D eigenvalue weighted by molar-refractivity contribution is -0.00547. The standard InChI is InChI=1S/C10H11N5O4/c1-3-5(16)6(17)9(19-3)15-2-12-4-7(15)13-10(11)14-8(4)18/h2,6,9,16-17H,1H3,(H3,11,13,14,18)/t6?,9-/m1/s1. The molecule has 3 heterocycles. The molecule has 0 aliphatic carbocycles. The predicted molar refractivity (Wildman–Crippen MR) is 64.0 cm³/mol. The molecule has 100 valence electrons. The van der Waals surface area contributed by atoms with Crippen LogP contribution in [-0.4, -0.2) is 35.8 Å². The largest absolute Gasteiger partial charge is 0.506 e. The van der Waals surface area contributed by atoms with Gasteiger partial charge in [-0.15, -0.1) is 0 Å².